The summed E-state index contributed by atoms with van der Waals surface area (Å²) in [5.41, 5.74) is 5.71. The van der Waals surface area contributed by atoms with Crippen molar-refractivity contribution in [2.75, 3.05) is 0 Å². The summed E-state index contributed by atoms with van der Waals surface area (Å²) in [6.07, 6.45) is 6.06. The predicted molar refractivity (Wildman–Crippen MR) is 53.1 cm³/mol. The van der Waals surface area contributed by atoms with E-state index in [0.717, 1.165) is 12.8 Å². The van der Waals surface area contributed by atoms with Crippen molar-refractivity contribution in [3.8, 4) is 0 Å². The number of nitrogens with one attached hydrogen (secondary N) is 1. The Morgan fingerprint density at radius 1 is 1.46 bits per heavy atom. The third kappa shape index (κ3) is 2.84. The molecule has 1 amide bonds. The number of hydrogen-bond acceptors (Lipinski definition) is 2. The molecule has 0 unspecified atom stereocenters. The molecule has 0 aromatic rings. The molecule has 1 aliphatic rings. The van der Waals surface area contributed by atoms with Crippen molar-refractivity contribution in [2.24, 2.45) is 11.7 Å². The van der Waals surface area contributed by atoms with E-state index >= 15 is 0 Å². The van der Waals surface area contributed by atoms with Gasteiger partial charge in [0.15, 0.2) is 0 Å². The van der Waals surface area contributed by atoms with Gasteiger partial charge in [-0.3, -0.25) is 4.79 Å². The van der Waals surface area contributed by atoms with Crippen LogP contribution in [0.4, 0.5) is 0 Å². The molecule has 0 spiro atoms. The van der Waals surface area contributed by atoms with Gasteiger partial charge >= 0.3 is 0 Å². The van der Waals surface area contributed by atoms with E-state index in [9.17, 15) is 4.79 Å². The summed E-state index contributed by atoms with van der Waals surface area (Å²) in [6.45, 7) is 3.91. The van der Waals surface area contributed by atoms with Crippen molar-refractivity contribution in [1.82, 2.24) is 5.32 Å². The summed E-state index contributed by atoms with van der Waals surface area (Å²) in [7, 11) is 0. The second-order valence-corrected chi connectivity index (χ2v) is 3.92. The summed E-state index contributed by atoms with van der Waals surface area (Å²) in [4.78, 5) is 11.5. The van der Waals surface area contributed by atoms with Gasteiger partial charge in [0.25, 0.3) is 0 Å². The molecule has 74 valence electrons. The largest absolute Gasteiger partial charge is 0.351 e. The van der Waals surface area contributed by atoms with E-state index in [2.05, 4.69) is 17.5 Å². The topological polar surface area (TPSA) is 55.1 Å². The Hall–Kier alpha value is -0.830. The van der Waals surface area contributed by atoms with E-state index < -0.39 is 0 Å². The van der Waals surface area contributed by atoms with E-state index in [1.165, 1.54) is 0 Å². The van der Waals surface area contributed by atoms with Crippen molar-refractivity contribution in [2.45, 2.75) is 38.8 Å². The molecule has 0 saturated heterocycles. The zero-order valence-electron chi connectivity index (χ0n) is 8.29. The van der Waals surface area contributed by atoms with Gasteiger partial charge in [0.05, 0.1) is 6.04 Å². The van der Waals surface area contributed by atoms with Gasteiger partial charge in [-0.15, -0.1) is 0 Å². The Bertz CT molecular complexity index is 203. The fourth-order valence-corrected chi connectivity index (χ4v) is 1.34. The van der Waals surface area contributed by atoms with Crippen molar-refractivity contribution >= 4 is 5.91 Å². The first-order valence-corrected chi connectivity index (χ1v) is 4.82. The minimum absolute atomic E-state index is 0.0244. The van der Waals surface area contributed by atoms with Crippen LogP contribution in [0.25, 0.3) is 0 Å². The number of carbonyl (C=O) groups excluding carboxylic acids is 1. The monoisotopic (exact) mass is 182 g/mol. The van der Waals surface area contributed by atoms with Gasteiger partial charge in [-0.25, -0.2) is 0 Å². The van der Waals surface area contributed by atoms with Crippen LogP contribution in [-0.4, -0.2) is 18.0 Å². The fourth-order valence-electron chi connectivity index (χ4n) is 1.34. The summed E-state index contributed by atoms with van der Waals surface area (Å²) >= 11 is 0. The Morgan fingerprint density at radius 2 is 2.00 bits per heavy atom. The molecule has 0 aromatic carbocycles. The van der Waals surface area contributed by atoms with E-state index in [4.69, 9.17) is 5.73 Å². The molecule has 1 rings (SSSR count). The number of carbonyl (C=O) groups is 1. The van der Waals surface area contributed by atoms with Crippen LogP contribution in [0.1, 0.15) is 26.7 Å². The fraction of sp³-hybridized carbons (Fsp3) is 0.700. The lowest BCUT2D eigenvalue weighted by Gasteiger charge is -2.18. The average molecular weight is 182 g/mol. The van der Waals surface area contributed by atoms with Gasteiger partial charge in [0.2, 0.25) is 5.91 Å². The summed E-state index contributed by atoms with van der Waals surface area (Å²) < 4.78 is 0. The molecule has 0 fully saturated rings. The molecule has 0 saturated carbocycles. The number of rotatable bonds is 3. The molecular weight excluding hydrogens is 164 g/mol. The molecule has 13 heavy (non-hydrogen) atoms. The standard InChI is InChI=1S/C10H18N2O/c1-7(2)9(11)10(13)12-8-5-3-4-6-8/h3-4,7-9H,5-6,11H2,1-2H3,(H,12,13)/t9-/m1/s1. The number of amides is 1. The van der Waals surface area contributed by atoms with Gasteiger partial charge < -0.3 is 11.1 Å². The van der Waals surface area contributed by atoms with E-state index in [1.807, 2.05) is 13.8 Å². The van der Waals surface area contributed by atoms with E-state index in [-0.39, 0.29) is 23.9 Å². The van der Waals surface area contributed by atoms with E-state index in [1.54, 1.807) is 0 Å². The van der Waals surface area contributed by atoms with Crippen molar-refractivity contribution < 1.29 is 4.79 Å². The summed E-state index contributed by atoms with van der Waals surface area (Å²) in [6, 6.07) is -0.0992. The van der Waals surface area contributed by atoms with Crippen molar-refractivity contribution in [3.63, 3.8) is 0 Å². The van der Waals surface area contributed by atoms with Crippen LogP contribution in [0.2, 0.25) is 0 Å². The number of hydrogen-bond donors (Lipinski definition) is 2. The second kappa shape index (κ2) is 4.42. The van der Waals surface area contributed by atoms with Gasteiger partial charge in [-0.2, -0.15) is 0 Å². The molecular formula is C10H18N2O. The first kappa shape index (κ1) is 10.3. The lowest BCUT2D eigenvalue weighted by molar-refractivity contribution is -0.123. The van der Waals surface area contributed by atoms with Crippen LogP contribution in [0.15, 0.2) is 12.2 Å². The Kier molecular flexibility index (Phi) is 3.48. The summed E-state index contributed by atoms with van der Waals surface area (Å²) in [5, 5.41) is 2.93. The van der Waals surface area contributed by atoms with Gasteiger partial charge in [-0.05, 0) is 18.8 Å². The normalized spacial score (nSPS) is 19.4. The van der Waals surface area contributed by atoms with Gasteiger partial charge in [0, 0.05) is 6.04 Å². The molecule has 0 radical (unpaired) electrons. The third-order valence-electron chi connectivity index (χ3n) is 2.38. The Labute approximate surface area is 79.4 Å². The maximum Gasteiger partial charge on any atom is 0.237 e. The highest BCUT2D eigenvalue weighted by molar-refractivity contribution is 5.82. The lowest BCUT2D eigenvalue weighted by Crippen LogP contribution is -2.47. The summed E-state index contributed by atoms with van der Waals surface area (Å²) in [5.74, 6) is 0.179. The second-order valence-electron chi connectivity index (χ2n) is 3.92. The maximum atomic E-state index is 11.5. The minimum Gasteiger partial charge on any atom is -0.351 e. The molecule has 1 aliphatic carbocycles. The van der Waals surface area contributed by atoms with Crippen LogP contribution in [0.5, 0.6) is 0 Å². The van der Waals surface area contributed by atoms with E-state index in [0.29, 0.717) is 0 Å². The molecule has 3 nitrogen and oxygen atoms in total. The van der Waals surface area contributed by atoms with Crippen LogP contribution in [0.3, 0.4) is 0 Å². The van der Waals surface area contributed by atoms with Crippen LogP contribution >= 0.6 is 0 Å². The van der Waals surface area contributed by atoms with Crippen LogP contribution in [-0.2, 0) is 4.79 Å². The molecule has 1 atom stereocenters. The number of nitrogens with two attached hydrogens (primary N) is 1. The molecule has 0 bridgehead atoms. The zero-order valence-corrected chi connectivity index (χ0v) is 8.29. The molecule has 0 aliphatic heterocycles. The molecule has 0 aromatic heterocycles. The lowest BCUT2D eigenvalue weighted by atomic mass is 10.0. The smallest absolute Gasteiger partial charge is 0.237 e. The first-order chi connectivity index (χ1) is 6.11. The highest BCUT2D eigenvalue weighted by atomic mass is 16.2. The van der Waals surface area contributed by atoms with Crippen molar-refractivity contribution in [1.29, 1.82) is 0 Å². The zero-order chi connectivity index (χ0) is 9.84. The predicted octanol–water partition coefficient (Wildman–Crippen LogP) is 0.804. The maximum absolute atomic E-state index is 11.5. The van der Waals surface area contributed by atoms with Crippen LogP contribution < -0.4 is 11.1 Å². The third-order valence-corrected chi connectivity index (χ3v) is 2.38. The molecule has 3 N–H and O–H groups in total. The SMILES string of the molecule is CC(C)[C@@H](N)C(=O)NC1CC=CC1. The van der Waals surface area contributed by atoms with Gasteiger partial charge in [-0.1, -0.05) is 26.0 Å². The Balaban J connectivity index is 2.32. The Morgan fingerprint density at radius 3 is 2.46 bits per heavy atom. The average Bonchev–Trinajstić information content (AvgIpc) is 2.55. The minimum atomic E-state index is -0.374. The molecule has 3 heteroatoms. The highest BCUT2D eigenvalue weighted by Crippen LogP contribution is 2.09. The van der Waals surface area contributed by atoms with Crippen LogP contribution in [0, 0.1) is 5.92 Å². The first-order valence-electron chi connectivity index (χ1n) is 4.82. The quantitative estimate of drug-likeness (QED) is 0.634. The molecule has 0 heterocycles. The van der Waals surface area contributed by atoms with Gasteiger partial charge in [0.1, 0.15) is 0 Å². The highest BCUT2D eigenvalue weighted by Gasteiger charge is 2.20. The van der Waals surface area contributed by atoms with Crippen molar-refractivity contribution in [3.05, 3.63) is 12.2 Å².